The maximum Gasteiger partial charge on any atom is 0.166 e. The van der Waals surface area contributed by atoms with Gasteiger partial charge in [0.1, 0.15) is 11.9 Å². The molecule has 4 nitrogen and oxygen atoms in total. The Balaban J connectivity index is 2.42. The SMILES string of the molecule is N#Cc1cc(F)c(N)nc1-c1cn(SI)c2c(F)cc(F)cc12. The number of halogens is 4. The highest BCUT2D eigenvalue weighted by Gasteiger charge is 2.20. The summed E-state index contributed by atoms with van der Waals surface area (Å²) in [6.07, 6.45) is 1.50. The predicted molar refractivity (Wildman–Crippen MR) is 91.2 cm³/mol. The van der Waals surface area contributed by atoms with Gasteiger partial charge in [-0.3, -0.25) is 3.97 Å². The van der Waals surface area contributed by atoms with Crippen molar-refractivity contribution < 1.29 is 13.2 Å². The third-order valence-corrected chi connectivity index (χ3v) is 4.95. The van der Waals surface area contributed by atoms with Crippen molar-refractivity contribution >= 4 is 47.0 Å². The molecule has 9 heteroatoms. The number of hydrogen-bond donors (Lipinski definition) is 1. The summed E-state index contributed by atoms with van der Waals surface area (Å²) >= 11 is 1.94. The average molecular weight is 446 g/mol. The molecule has 23 heavy (non-hydrogen) atoms. The van der Waals surface area contributed by atoms with Gasteiger partial charge in [-0.25, -0.2) is 18.2 Å². The zero-order chi connectivity index (χ0) is 16.7. The van der Waals surface area contributed by atoms with Gasteiger partial charge < -0.3 is 5.73 Å². The monoisotopic (exact) mass is 446 g/mol. The Kier molecular flexibility index (Phi) is 4.11. The van der Waals surface area contributed by atoms with Crippen LogP contribution in [0.15, 0.2) is 24.4 Å². The van der Waals surface area contributed by atoms with E-state index < -0.39 is 17.5 Å². The van der Waals surface area contributed by atoms with E-state index in [0.29, 0.717) is 5.56 Å². The van der Waals surface area contributed by atoms with Crippen molar-refractivity contribution in [1.82, 2.24) is 8.96 Å². The Morgan fingerprint density at radius 2 is 1.96 bits per heavy atom. The molecule has 3 aromatic rings. The molecule has 0 fully saturated rings. The Morgan fingerprint density at radius 3 is 2.61 bits per heavy atom. The molecule has 0 aliphatic carbocycles. The summed E-state index contributed by atoms with van der Waals surface area (Å²) in [5, 5.41) is 9.40. The fourth-order valence-electron chi connectivity index (χ4n) is 2.28. The lowest BCUT2D eigenvalue weighted by atomic mass is 10.0. The molecule has 0 aliphatic heterocycles. The Morgan fingerprint density at radius 1 is 1.22 bits per heavy atom. The number of nitrogens with zero attached hydrogens (tertiary/aromatic N) is 3. The van der Waals surface area contributed by atoms with Gasteiger partial charge in [0.15, 0.2) is 17.5 Å². The zero-order valence-corrected chi connectivity index (χ0v) is 14.1. The molecule has 0 amide bonds. The molecule has 3 rings (SSSR count). The van der Waals surface area contributed by atoms with Gasteiger partial charge in [-0.1, -0.05) is 0 Å². The minimum absolute atomic E-state index is 0.0705. The maximum atomic E-state index is 14.1. The third kappa shape index (κ3) is 2.61. The van der Waals surface area contributed by atoms with Crippen LogP contribution in [-0.2, 0) is 0 Å². The average Bonchev–Trinajstić information content (AvgIpc) is 2.88. The number of benzene rings is 1. The fraction of sp³-hybridized carbons (Fsp3) is 0. The molecule has 1 aromatic carbocycles. The van der Waals surface area contributed by atoms with Gasteiger partial charge in [0.2, 0.25) is 0 Å². The lowest BCUT2D eigenvalue weighted by Gasteiger charge is -2.04. The lowest BCUT2D eigenvalue weighted by molar-refractivity contribution is 0.590. The lowest BCUT2D eigenvalue weighted by Crippen LogP contribution is -1.99. The first-order chi connectivity index (χ1) is 11.0. The van der Waals surface area contributed by atoms with Crippen LogP contribution < -0.4 is 5.73 Å². The second kappa shape index (κ2) is 5.93. The molecule has 2 heterocycles. The molecular weight excluding hydrogens is 440 g/mol. The summed E-state index contributed by atoms with van der Waals surface area (Å²) in [5.41, 5.74) is 5.92. The quantitative estimate of drug-likeness (QED) is 0.592. The molecule has 0 aliphatic rings. The van der Waals surface area contributed by atoms with Gasteiger partial charge >= 0.3 is 0 Å². The Labute approximate surface area is 144 Å². The molecule has 116 valence electrons. The molecule has 2 aromatic heterocycles. The van der Waals surface area contributed by atoms with Crippen molar-refractivity contribution in [2.45, 2.75) is 0 Å². The van der Waals surface area contributed by atoms with Crippen molar-refractivity contribution in [2.75, 3.05) is 5.73 Å². The first kappa shape index (κ1) is 15.9. The van der Waals surface area contributed by atoms with Gasteiger partial charge in [0.05, 0.1) is 16.8 Å². The Hall–Kier alpha value is -1.93. The van der Waals surface area contributed by atoms with E-state index in [1.165, 1.54) is 10.2 Å². The number of nitriles is 1. The molecular formula is C14H6F3IN4S. The molecule has 0 radical (unpaired) electrons. The van der Waals surface area contributed by atoms with Crippen LogP contribution in [0.4, 0.5) is 19.0 Å². The van der Waals surface area contributed by atoms with Crippen LogP contribution in [0.3, 0.4) is 0 Å². The molecule has 0 saturated carbocycles. The summed E-state index contributed by atoms with van der Waals surface area (Å²) < 4.78 is 42.7. The van der Waals surface area contributed by atoms with Gasteiger partial charge in [0, 0.05) is 53.5 Å². The van der Waals surface area contributed by atoms with E-state index in [4.69, 9.17) is 5.73 Å². The van der Waals surface area contributed by atoms with E-state index in [2.05, 4.69) is 4.98 Å². The maximum absolute atomic E-state index is 14.1. The second-order valence-electron chi connectivity index (χ2n) is 4.58. The van der Waals surface area contributed by atoms with E-state index >= 15 is 0 Å². The summed E-state index contributed by atoms with van der Waals surface area (Å²) in [6.45, 7) is 0. The van der Waals surface area contributed by atoms with Crippen molar-refractivity contribution in [2.24, 2.45) is 0 Å². The van der Waals surface area contributed by atoms with Crippen LogP contribution in [0.25, 0.3) is 22.2 Å². The van der Waals surface area contributed by atoms with Crippen LogP contribution in [0, 0.1) is 28.8 Å². The smallest absolute Gasteiger partial charge is 0.166 e. The van der Waals surface area contributed by atoms with E-state index in [1.807, 2.05) is 27.3 Å². The molecule has 0 spiro atoms. The van der Waals surface area contributed by atoms with Crippen LogP contribution in [0.5, 0.6) is 0 Å². The first-order valence-corrected chi connectivity index (χ1v) is 9.43. The molecule has 0 unspecified atom stereocenters. The predicted octanol–water partition coefficient (Wildman–Crippen LogP) is 4.42. The highest BCUT2D eigenvalue weighted by Crippen LogP contribution is 2.37. The van der Waals surface area contributed by atoms with Crippen molar-refractivity contribution in [3.8, 4) is 17.3 Å². The fourth-order valence-corrected chi connectivity index (χ4v) is 3.62. The molecule has 0 atom stereocenters. The topological polar surface area (TPSA) is 67.6 Å². The van der Waals surface area contributed by atoms with Crippen LogP contribution >= 0.6 is 30.3 Å². The number of nitrogens with two attached hydrogens (primary N) is 1. The van der Waals surface area contributed by atoms with E-state index in [0.717, 1.165) is 27.3 Å². The minimum Gasteiger partial charge on any atom is -0.381 e. The molecule has 0 saturated heterocycles. The molecule has 0 bridgehead atoms. The summed E-state index contributed by atoms with van der Waals surface area (Å²) in [7, 11) is 1.16. The van der Waals surface area contributed by atoms with E-state index in [-0.39, 0.29) is 28.0 Å². The molecule has 2 N–H and O–H groups in total. The van der Waals surface area contributed by atoms with Crippen LogP contribution in [0.2, 0.25) is 0 Å². The number of pyridine rings is 1. The van der Waals surface area contributed by atoms with E-state index in [1.54, 1.807) is 0 Å². The van der Waals surface area contributed by atoms with Crippen molar-refractivity contribution in [3.63, 3.8) is 0 Å². The summed E-state index contributed by atoms with van der Waals surface area (Å²) in [5.74, 6) is -2.72. The summed E-state index contributed by atoms with van der Waals surface area (Å²) in [6, 6.07) is 4.68. The first-order valence-electron chi connectivity index (χ1n) is 6.12. The largest absolute Gasteiger partial charge is 0.381 e. The highest BCUT2D eigenvalue weighted by molar-refractivity contribution is 14.2. The van der Waals surface area contributed by atoms with Gasteiger partial charge in [-0.2, -0.15) is 5.26 Å². The zero-order valence-electron chi connectivity index (χ0n) is 11.1. The summed E-state index contributed by atoms with van der Waals surface area (Å²) in [4.78, 5) is 3.88. The minimum atomic E-state index is -0.824. The number of fused-ring (bicyclic) bond motifs is 1. The van der Waals surface area contributed by atoms with E-state index in [9.17, 15) is 18.4 Å². The van der Waals surface area contributed by atoms with Gasteiger partial charge in [-0.05, 0) is 12.1 Å². The number of nitrogen functional groups attached to an aromatic ring is 1. The van der Waals surface area contributed by atoms with Gasteiger partial charge in [-0.15, -0.1) is 0 Å². The standard InChI is InChI=1S/C14H6F3IN4S/c15-7-2-8-9(5-22(23-18)13(8)10(16)3-7)12-6(4-19)1-11(17)14(20)21-12/h1-3,5H,(H2,20,21). The van der Waals surface area contributed by atoms with Crippen molar-refractivity contribution in [1.29, 1.82) is 5.26 Å². The van der Waals surface area contributed by atoms with Gasteiger partial charge in [0.25, 0.3) is 0 Å². The number of aromatic nitrogens is 2. The second-order valence-corrected chi connectivity index (χ2v) is 6.30. The number of hydrogen-bond acceptors (Lipinski definition) is 4. The Bertz CT molecular complexity index is 981. The number of anilines is 1. The number of rotatable bonds is 2. The van der Waals surface area contributed by atoms with Crippen LogP contribution in [0.1, 0.15) is 5.56 Å². The van der Waals surface area contributed by atoms with Crippen LogP contribution in [-0.4, -0.2) is 8.96 Å². The highest BCUT2D eigenvalue weighted by atomic mass is 127. The third-order valence-electron chi connectivity index (χ3n) is 3.24. The van der Waals surface area contributed by atoms with Crippen molar-refractivity contribution in [3.05, 3.63) is 47.4 Å². The normalized spacial score (nSPS) is 10.9.